The molecule has 1 nitrogen and oxygen atoms in total. The van der Waals surface area contributed by atoms with Gasteiger partial charge >= 0.3 is 12.3 Å². The number of halogens is 5. The summed E-state index contributed by atoms with van der Waals surface area (Å²) in [6, 6.07) is 5.70. The van der Waals surface area contributed by atoms with Gasteiger partial charge in [0.2, 0.25) is 0 Å². The van der Waals surface area contributed by atoms with E-state index in [0.717, 1.165) is 36.2 Å². The lowest BCUT2D eigenvalue weighted by Gasteiger charge is -2.32. The van der Waals surface area contributed by atoms with Crippen molar-refractivity contribution in [3.8, 4) is 5.75 Å². The van der Waals surface area contributed by atoms with Gasteiger partial charge < -0.3 is 4.74 Å². The molecule has 2 fully saturated rings. The van der Waals surface area contributed by atoms with Crippen LogP contribution in [0.15, 0.2) is 24.3 Å². The molecule has 0 saturated heterocycles. The van der Waals surface area contributed by atoms with Crippen molar-refractivity contribution in [2.75, 3.05) is 0 Å². The molecule has 0 amide bonds. The SMILES string of the molecule is CCCC[C@H]1CC[C@H](CC[C@H]2CC[C@H](c3ccc(OC(F)(F)C(F)(F)F)cc3)CC2)CC1. The van der Waals surface area contributed by atoms with Crippen molar-refractivity contribution in [2.45, 2.75) is 109 Å². The van der Waals surface area contributed by atoms with Gasteiger partial charge in [-0.15, -0.1) is 0 Å². The second-order valence-corrected chi connectivity index (χ2v) is 10.0. The van der Waals surface area contributed by atoms with E-state index >= 15 is 0 Å². The lowest BCUT2D eigenvalue weighted by Crippen LogP contribution is -2.41. The minimum absolute atomic E-state index is 0.345. The van der Waals surface area contributed by atoms with Gasteiger partial charge in [-0.1, -0.05) is 76.8 Å². The van der Waals surface area contributed by atoms with E-state index in [2.05, 4.69) is 11.7 Å². The second-order valence-electron chi connectivity index (χ2n) is 10.0. The first kappa shape index (κ1) is 25.3. The molecule has 3 rings (SSSR count). The van der Waals surface area contributed by atoms with Crippen molar-refractivity contribution in [1.82, 2.24) is 0 Å². The fourth-order valence-electron chi connectivity index (χ4n) is 5.57. The molecule has 2 aliphatic carbocycles. The predicted octanol–water partition coefficient (Wildman–Crippen LogP) is 9.27. The number of alkyl halides is 5. The quantitative estimate of drug-likeness (QED) is 0.334. The van der Waals surface area contributed by atoms with Crippen LogP contribution in [0.5, 0.6) is 5.75 Å². The summed E-state index contributed by atoms with van der Waals surface area (Å²) < 4.78 is 66.9. The van der Waals surface area contributed by atoms with Crippen molar-refractivity contribution in [3.05, 3.63) is 29.8 Å². The molecule has 0 N–H and O–H groups in total. The summed E-state index contributed by atoms with van der Waals surface area (Å²) in [6.45, 7) is 2.27. The summed E-state index contributed by atoms with van der Waals surface area (Å²) >= 11 is 0. The summed E-state index contributed by atoms with van der Waals surface area (Å²) in [5.74, 6) is 2.50. The molecule has 1 aromatic rings. The first-order valence-electron chi connectivity index (χ1n) is 12.4. The van der Waals surface area contributed by atoms with Crippen LogP contribution in [0.4, 0.5) is 22.0 Å². The molecule has 0 atom stereocenters. The third-order valence-electron chi connectivity index (χ3n) is 7.69. The largest absolute Gasteiger partial charge is 0.499 e. The molecule has 0 heterocycles. The molecule has 2 saturated carbocycles. The topological polar surface area (TPSA) is 9.23 Å². The van der Waals surface area contributed by atoms with Crippen LogP contribution in [0.3, 0.4) is 0 Å². The van der Waals surface area contributed by atoms with Gasteiger partial charge in [0.15, 0.2) is 0 Å². The number of ether oxygens (including phenoxy) is 1. The minimum atomic E-state index is -5.72. The van der Waals surface area contributed by atoms with Crippen LogP contribution in [-0.2, 0) is 0 Å². The van der Waals surface area contributed by atoms with Crippen molar-refractivity contribution >= 4 is 0 Å². The Morgan fingerprint density at radius 2 is 1.19 bits per heavy atom. The molecule has 0 aliphatic heterocycles. The fraction of sp³-hybridized carbons (Fsp3) is 0.769. The highest BCUT2D eigenvalue weighted by Crippen LogP contribution is 2.41. The van der Waals surface area contributed by atoms with Crippen LogP contribution in [0, 0.1) is 17.8 Å². The highest BCUT2D eigenvalue weighted by molar-refractivity contribution is 5.30. The number of hydrogen-bond donors (Lipinski definition) is 0. The molecule has 0 bridgehead atoms. The first-order chi connectivity index (χ1) is 15.2. The van der Waals surface area contributed by atoms with Gasteiger partial charge in [-0.25, -0.2) is 0 Å². The normalized spacial score (nSPS) is 27.3. The molecule has 0 spiro atoms. The van der Waals surface area contributed by atoms with Crippen molar-refractivity contribution in [3.63, 3.8) is 0 Å². The van der Waals surface area contributed by atoms with Crippen LogP contribution < -0.4 is 4.74 Å². The maximum absolute atomic E-state index is 13.0. The molecule has 32 heavy (non-hydrogen) atoms. The van der Waals surface area contributed by atoms with E-state index in [0.29, 0.717) is 5.92 Å². The van der Waals surface area contributed by atoms with Gasteiger partial charge in [-0.05, 0) is 67.1 Å². The van der Waals surface area contributed by atoms with Gasteiger partial charge in [0.05, 0.1) is 0 Å². The number of hydrogen-bond acceptors (Lipinski definition) is 1. The van der Waals surface area contributed by atoms with E-state index in [4.69, 9.17) is 0 Å². The average Bonchev–Trinajstić information content (AvgIpc) is 2.77. The molecule has 182 valence electrons. The van der Waals surface area contributed by atoms with Crippen LogP contribution >= 0.6 is 0 Å². The van der Waals surface area contributed by atoms with Crippen LogP contribution in [0.25, 0.3) is 0 Å². The zero-order valence-corrected chi connectivity index (χ0v) is 19.1. The Hall–Kier alpha value is -1.33. The Balaban J connectivity index is 1.38. The highest BCUT2D eigenvalue weighted by atomic mass is 19.4. The van der Waals surface area contributed by atoms with E-state index in [1.807, 2.05) is 0 Å². The van der Waals surface area contributed by atoms with E-state index < -0.39 is 18.0 Å². The maximum atomic E-state index is 13.0. The summed E-state index contributed by atoms with van der Waals surface area (Å²) in [5, 5.41) is 0. The molecule has 0 unspecified atom stereocenters. The van der Waals surface area contributed by atoms with E-state index in [1.54, 1.807) is 12.1 Å². The molecular formula is C26H37F5O. The highest BCUT2D eigenvalue weighted by Gasteiger charge is 2.61. The molecule has 2 aliphatic rings. The van der Waals surface area contributed by atoms with Gasteiger partial charge in [-0.3, -0.25) is 0 Å². The summed E-state index contributed by atoms with van der Waals surface area (Å²) in [4.78, 5) is 0. The second kappa shape index (κ2) is 11.2. The number of unbranched alkanes of at least 4 members (excludes halogenated alkanes) is 1. The predicted molar refractivity (Wildman–Crippen MR) is 117 cm³/mol. The zero-order valence-electron chi connectivity index (χ0n) is 19.1. The molecule has 0 aromatic heterocycles. The number of benzene rings is 1. The monoisotopic (exact) mass is 460 g/mol. The van der Waals surface area contributed by atoms with Crippen LogP contribution in [-0.4, -0.2) is 12.3 Å². The van der Waals surface area contributed by atoms with E-state index in [1.165, 1.54) is 82.8 Å². The Labute approximate surface area is 189 Å². The molecule has 1 aromatic carbocycles. The van der Waals surface area contributed by atoms with Crippen LogP contribution in [0.1, 0.15) is 102 Å². The van der Waals surface area contributed by atoms with Gasteiger partial charge in [0, 0.05) is 0 Å². The third kappa shape index (κ3) is 7.08. The first-order valence-corrected chi connectivity index (χ1v) is 12.4. The average molecular weight is 461 g/mol. The summed E-state index contributed by atoms with van der Waals surface area (Å²) in [7, 11) is 0. The Kier molecular flexibility index (Phi) is 8.85. The minimum Gasteiger partial charge on any atom is -0.426 e. The van der Waals surface area contributed by atoms with Gasteiger partial charge in [-0.2, -0.15) is 22.0 Å². The molecular weight excluding hydrogens is 423 g/mol. The van der Waals surface area contributed by atoms with Crippen LogP contribution in [0.2, 0.25) is 0 Å². The van der Waals surface area contributed by atoms with E-state index in [-0.39, 0.29) is 0 Å². The Bertz CT molecular complexity index is 668. The van der Waals surface area contributed by atoms with Crippen molar-refractivity contribution in [1.29, 1.82) is 0 Å². The van der Waals surface area contributed by atoms with Crippen molar-refractivity contribution in [2.24, 2.45) is 17.8 Å². The number of rotatable bonds is 9. The third-order valence-corrected chi connectivity index (χ3v) is 7.69. The lowest BCUT2D eigenvalue weighted by atomic mass is 9.74. The standard InChI is InChI=1S/C26H37F5O/c1-2-3-4-19-5-7-20(8-6-19)9-10-21-11-13-22(14-12-21)23-15-17-24(18-16-23)32-26(30,31)25(27,28)29/h15-22H,2-14H2,1H3/t19-,20-,21-,22-. The van der Waals surface area contributed by atoms with Crippen molar-refractivity contribution < 1.29 is 26.7 Å². The Morgan fingerprint density at radius 1 is 0.719 bits per heavy atom. The summed E-state index contributed by atoms with van der Waals surface area (Å²) in [5.41, 5.74) is 0.997. The molecule has 6 heteroatoms. The molecule has 0 radical (unpaired) electrons. The maximum Gasteiger partial charge on any atom is 0.499 e. The Morgan fingerprint density at radius 3 is 1.66 bits per heavy atom. The van der Waals surface area contributed by atoms with E-state index in [9.17, 15) is 22.0 Å². The lowest BCUT2D eigenvalue weighted by molar-refractivity contribution is -0.360. The summed E-state index contributed by atoms with van der Waals surface area (Å²) in [6.07, 6.45) is 5.86. The van der Waals surface area contributed by atoms with Gasteiger partial charge in [0.25, 0.3) is 0 Å². The smallest absolute Gasteiger partial charge is 0.426 e. The fourth-order valence-corrected chi connectivity index (χ4v) is 5.57. The zero-order chi connectivity index (χ0) is 23.2. The van der Waals surface area contributed by atoms with Gasteiger partial charge in [0.1, 0.15) is 5.75 Å².